The summed E-state index contributed by atoms with van der Waals surface area (Å²) in [6.07, 6.45) is 6.67. The third-order valence-corrected chi connectivity index (χ3v) is 4.35. The molecule has 23 heavy (non-hydrogen) atoms. The Morgan fingerprint density at radius 2 is 1.87 bits per heavy atom. The summed E-state index contributed by atoms with van der Waals surface area (Å²) in [4.78, 5) is 11.0. The third-order valence-electron chi connectivity index (χ3n) is 4.35. The molecule has 1 aromatic heterocycles. The van der Waals surface area contributed by atoms with Gasteiger partial charge in [0.05, 0.1) is 24.4 Å². The summed E-state index contributed by atoms with van der Waals surface area (Å²) in [5.74, 6) is -0.187. The summed E-state index contributed by atoms with van der Waals surface area (Å²) < 4.78 is 19.5. The maximum Gasteiger partial charge on any atom is 0.128 e. The Morgan fingerprint density at radius 3 is 2.70 bits per heavy atom. The molecular weight excluding hydrogens is 293 g/mol. The second-order valence-electron chi connectivity index (χ2n) is 5.77. The lowest BCUT2D eigenvalue weighted by Gasteiger charge is -2.29. The van der Waals surface area contributed by atoms with Crippen molar-refractivity contribution in [1.82, 2.24) is 9.97 Å². The summed E-state index contributed by atoms with van der Waals surface area (Å²) in [5.41, 5.74) is 3.23. The highest BCUT2D eigenvalue weighted by molar-refractivity contribution is 5.94. The van der Waals surface area contributed by atoms with Crippen LogP contribution in [-0.2, 0) is 4.74 Å². The second-order valence-corrected chi connectivity index (χ2v) is 5.77. The highest BCUT2D eigenvalue weighted by Crippen LogP contribution is 2.32. The number of fused-ring (bicyclic) bond motifs is 1. The van der Waals surface area contributed by atoms with Crippen LogP contribution < -0.4 is 4.90 Å². The van der Waals surface area contributed by atoms with E-state index < -0.39 is 0 Å². The van der Waals surface area contributed by atoms with Gasteiger partial charge >= 0.3 is 0 Å². The van der Waals surface area contributed by atoms with Gasteiger partial charge < -0.3 is 9.64 Å². The standard InChI is InChI=1S/C18H18FN3O/c19-16-4-2-1-3-14(16)18-15-6-5-13(11-17(15)20-12-21-18)22-7-9-23-10-8-22/h3-6,11-12H,1-2,7-10H2. The number of anilines is 1. The van der Waals surface area contributed by atoms with Crippen molar-refractivity contribution in [3.05, 3.63) is 48.2 Å². The molecule has 0 spiro atoms. The van der Waals surface area contributed by atoms with E-state index in [1.54, 1.807) is 6.08 Å². The fourth-order valence-corrected chi connectivity index (χ4v) is 3.13. The van der Waals surface area contributed by atoms with E-state index in [-0.39, 0.29) is 5.83 Å². The van der Waals surface area contributed by atoms with Gasteiger partial charge in [-0.1, -0.05) is 6.08 Å². The zero-order chi connectivity index (χ0) is 15.6. The number of halogens is 1. The molecule has 5 heteroatoms. The SMILES string of the molecule is FC1=CCCC=C1c1ncnc2cc(N3CCOCC3)ccc12. The van der Waals surface area contributed by atoms with Gasteiger partial charge in [-0.25, -0.2) is 14.4 Å². The Balaban J connectivity index is 1.76. The van der Waals surface area contributed by atoms with E-state index in [4.69, 9.17) is 4.74 Å². The first-order valence-electron chi connectivity index (χ1n) is 7.97. The highest BCUT2D eigenvalue weighted by Gasteiger charge is 2.17. The molecule has 0 atom stereocenters. The topological polar surface area (TPSA) is 38.2 Å². The molecule has 1 aromatic carbocycles. The number of morpholine rings is 1. The molecular formula is C18H18FN3O. The van der Waals surface area contributed by atoms with Crippen LogP contribution in [0.2, 0.25) is 0 Å². The number of hydrogen-bond donors (Lipinski definition) is 0. The van der Waals surface area contributed by atoms with Gasteiger partial charge in [0.2, 0.25) is 0 Å². The maximum atomic E-state index is 14.1. The quantitative estimate of drug-likeness (QED) is 0.851. The van der Waals surface area contributed by atoms with Gasteiger partial charge in [0.1, 0.15) is 12.2 Å². The van der Waals surface area contributed by atoms with Gasteiger partial charge in [-0.2, -0.15) is 0 Å². The maximum absolute atomic E-state index is 14.1. The van der Waals surface area contributed by atoms with Crippen LogP contribution in [0.4, 0.5) is 10.1 Å². The predicted molar refractivity (Wildman–Crippen MR) is 89.0 cm³/mol. The van der Waals surface area contributed by atoms with E-state index in [1.807, 2.05) is 12.1 Å². The monoisotopic (exact) mass is 311 g/mol. The number of ether oxygens (including phenoxy) is 1. The molecule has 0 bridgehead atoms. The number of hydrogen-bond acceptors (Lipinski definition) is 4. The Morgan fingerprint density at radius 1 is 1.04 bits per heavy atom. The zero-order valence-electron chi connectivity index (χ0n) is 12.8. The molecule has 1 aliphatic heterocycles. The first kappa shape index (κ1) is 14.3. The van der Waals surface area contributed by atoms with Gasteiger partial charge in [0.25, 0.3) is 0 Å². The third kappa shape index (κ3) is 2.72. The Kier molecular flexibility index (Phi) is 3.79. The molecule has 118 valence electrons. The van der Waals surface area contributed by atoms with Gasteiger partial charge in [-0.3, -0.25) is 0 Å². The van der Waals surface area contributed by atoms with E-state index in [0.717, 1.165) is 55.7 Å². The van der Waals surface area contributed by atoms with Crippen molar-refractivity contribution >= 4 is 22.2 Å². The number of aromatic nitrogens is 2. The Hall–Kier alpha value is -2.27. The zero-order valence-corrected chi connectivity index (χ0v) is 12.8. The molecule has 2 heterocycles. The molecule has 0 unspecified atom stereocenters. The Bertz CT molecular complexity index is 794. The minimum atomic E-state index is -0.187. The molecule has 1 fully saturated rings. The Labute approximate surface area is 134 Å². The second kappa shape index (κ2) is 6.08. The minimum absolute atomic E-state index is 0.187. The molecule has 0 N–H and O–H groups in total. The van der Waals surface area contributed by atoms with Crippen molar-refractivity contribution in [3.8, 4) is 0 Å². The molecule has 2 aliphatic rings. The van der Waals surface area contributed by atoms with Gasteiger partial charge in [-0.15, -0.1) is 0 Å². The van der Waals surface area contributed by atoms with Crippen LogP contribution in [0.25, 0.3) is 16.5 Å². The average Bonchev–Trinajstić information content (AvgIpc) is 2.62. The van der Waals surface area contributed by atoms with Gasteiger partial charge in [-0.05, 0) is 37.1 Å². The van der Waals surface area contributed by atoms with Crippen LogP contribution >= 0.6 is 0 Å². The number of rotatable bonds is 2. The average molecular weight is 311 g/mol. The lowest BCUT2D eigenvalue weighted by atomic mass is 9.99. The van der Waals surface area contributed by atoms with Gasteiger partial charge in [0, 0.05) is 29.7 Å². The van der Waals surface area contributed by atoms with Crippen LogP contribution in [0.3, 0.4) is 0 Å². The molecule has 4 rings (SSSR count). The van der Waals surface area contributed by atoms with Crippen LogP contribution in [0.15, 0.2) is 42.5 Å². The van der Waals surface area contributed by atoms with E-state index in [0.29, 0.717) is 11.3 Å². The number of benzene rings is 1. The summed E-state index contributed by atoms with van der Waals surface area (Å²) in [7, 11) is 0. The van der Waals surface area contributed by atoms with Crippen molar-refractivity contribution in [2.75, 3.05) is 31.2 Å². The molecule has 0 radical (unpaired) electrons. The summed E-state index contributed by atoms with van der Waals surface area (Å²) in [6, 6.07) is 6.11. The highest BCUT2D eigenvalue weighted by atomic mass is 19.1. The van der Waals surface area contributed by atoms with Crippen molar-refractivity contribution in [1.29, 1.82) is 0 Å². The molecule has 2 aromatic rings. The summed E-state index contributed by atoms with van der Waals surface area (Å²) in [6.45, 7) is 3.25. The molecule has 0 saturated carbocycles. The molecule has 1 saturated heterocycles. The van der Waals surface area contributed by atoms with E-state index in [9.17, 15) is 4.39 Å². The van der Waals surface area contributed by atoms with Crippen molar-refractivity contribution in [3.63, 3.8) is 0 Å². The molecule has 1 aliphatic carbocycles. The largest absolute Gasteiger partial charge is 0.378 e. The summed E-state index contributed by atoms with van der Waals surface area (Å²) in [5, 5.41) is 0.890. The number of nitrogens with zero attached hydrogens (tertiary/aromatic N) is 3. The normalized spacial score (nSPS) is 18.7. The predicted octanol–water partition coefficient (Wildman–Crippen LogP) is 3.50. The first-order chi connectivity index (χ1) is 11.3. The minimum Gasteiger partial charge on any atom is -0.378 e. The summed E-state index contributed by atoms with van der Waals surface area (Å²) >= 11 is 0. The fourth-order valence-electron chi connectivity index (χ4n) is 3.13. The van der Waals surface area contributed by atoms with Crippen LogP contribution in [-0.4, -0.2) is 36.3 Å². The fraction of sp³-hybridized carbons (Fsp3) is 0.333. The molecule has 0 amide bonds. The first-order valence-corrected chi connectivity index (χ1v) is 7.97. The van der Waals surface area contributed by atoms with E-state index in [2.05, 4.69) is 27.0 Å². The van der Waals surface area contributed by atoms with Crippen LogP contribution in [0.1, 0.15) is 18.5 Å². The van der Waals surface area contributed by atoms with Crippen molar-refractivity contribution in [2.45, 2.75) is 12.8 Å². The van der Waals surface area contributed by atoms with E-state index >= 15 is 0 Å². The van der Waals surface area contributed by atoms with Gasteiger partial charge in [0.15, 0.2) is 0 Å². The lowest BCUT2D eigenvalue weighted by molar-refractivity contribution is 0.122. The smallest absolute Gasteiger partial charge is 0.128 e. The molecule has 4 nitrogen and oxygen atoms in total. The number of allylic oxidation sites excluding steroid dienone is 4. The van der Waals surface area contributed by atoms with E-state index in [1.165, 1.54) is 6.33 Å². The lowest BCUT2D eigenvalue weighted by Crippen LogP contribution is -2.36. The van der Waals surface area contributed by atoms with Crippen LogP contribution in [0, 0.1) is 0 Å². The van der Waals surface area contributed by atoms with Crippen LogP contribution in [0.5, 0.6) is 0 Å². The van der Waals surface area contributed by atoms with Crippen molar-refractivity contribution in [2.24, 2.45) is 0 Å². The van der Waals surface area contributed by atoms with Crippen molar-refractivity contribution < 1.29 is 9.13 Å².